The summed E-state index contributed by atoms with van der Waals surface area (Å²) in [5, 5.41) is 3.81. The highest BCUT2D eigenvalue weighted by Crippen LogP contribution is 2.37. The first-order valence-electron chi connectivity index (χ1n) is 10.4. The molecule has 4 rings (SSSR count). The lowest BCUT2D eigenvalue weighted by Crippen LogP contribution is -2.38. The molecule has 0 saturated carbocycles. The first kappa shape index (κ1) is 22.5. The topological polar surface area (TPSA) is 85.2 Å². The van der Waals surface area contributed by atoms with E-state index in [9.17, 15) is 4.79 Å². The quantitative estimate of drug-likeness (QED) is 0.528. The number of para-hydroxylation sites is 2. The maximum absolute atomic E-state index is 12.9. The number of amidine groups is 1. The van der Waals surface area contributed by atoms with Crippen LogP contribution >= 0.6 is 11.8 Å². The van der Waals surface area contributed by atoms with Crippen LogP contribution in [0.2, 0.25) is 0 Å². The zero-order valence-electron chi connectivity index (χ0n) is 18.6. The molecule has 1 aliphatic heterocycles. The fraction of sp³-hybridized carbons (Fsp3) is 0.200. The molecule has 0 aliphatic carbocycles. The third-order valence-corrected chi connectivity index (χ3v) is 6.05. The van der Waals surface area contributed by atoms with Crippen molar-refractivity contribution < 1.29 is 14.3 Å². The molecule has 1 amide bonds. The van der Waals surface area contributed by atoms with E-state index in [0.29, 0.717) is 23.0 Å². The van der Waals surface area contributed by atoms with E-state index in [1.807, 2.05) is 67.6 Å². The summed E-state index contributed by atoms with van der Waals surface area (Å²) in [6.07, 6.45) is 1.71. The van der Waals surface area contributed by atoms with Crippen molar-refractivity contribution in [1.29, 1.82) is 0 Å². The first-order chi connectivity index (χ1) is 16.1. The Balaban J connectivity index is 1.68. The van der Waals surface area contributed by atoms with E-state index in [1.165, 1.54) is 11.8 Å². The van der Waals surface area contributed by atoms with Crippen molar-refractivity contribution in [3.63, 3.8) is 0 Å². The number of fused-ring (bicyclic) bond motifs is 1. The summed E-state index contributed by atoms with van der Waals surface area (Å²) in [5.74, 6) is 1.43. The zero-order valence-corrected chi connectivity index (χ0v) is 19.4. The van der Waals surface area contributed by atoms with Gasteiger partial charge in [0.15, 0.2) is 11.5 Å². The number of thioether (sulfide) groups is 1. The SMILES string of the molecule is COc1ccc([C@H]2C(C)=Nc3ccccc3N=C2NC(=O)CSc2ccccn2)cc1OC. The molecule has 33 heavy (non-hydrogen) atoms. The number of aliphatic imine (C=N–C) groups is 2. The average Bonchev–Trinajstić information content (AvgIpc) is 2.98. The van der Waals surface area contributed by atoms with Gasteiger partial charge in [0, 0.05) is 11.9 Å². The summed E-state index contributed by atoms with van der Waals surface area (Å²) < 4.78 is 10.9. The van der Waals surface area contributed by atoms with Crippen LogP contribution in [0.3, 0.4) is 0 Å². The van der Waals surface area contributed by atoms with Crippen LogP contribution in [0.15, 0.2) is 81.9 Å². The molecule has 0 bridgehead atoms. The third kappa shape index (κ3) is 5.23. The minimum absolute atomic E-state index is 0.165. The van der Waals surface area contributed by atoms with E-state index < -0.39 is 0 Å². The molecule has 8 heteroatoms. The van der Waals surface area contributed by atoms with E-state index in [1.54, 1.807) is 20.4 Å². The lowest BCUT2D eigenvalue weighted by Gasteiger charge is -2.20. The minimum atomic E-state index is -0.360. The molecule has 7 nitrogen and oxygen atoms in total. The van der Waals surface area contributed by atoms with Crippen LogP contribution in [0.25, 0.3) is 0 Å². The van der Waals surface area contributed by atoms with Crippen LogP contribution in [-0.2, 0) is 4.79 Å². The molecular weight excluding hydrogens is 436 g/mol. The summed E-state index contributed by atoms with van der Waals surface area (Å²) in [7, 11) is 3.19. The van der Waals surface area contributed by atoms with Crippen molar-refractivity contribution in [1.82, 2.24) is 10.3 Å². The predicted molar refractivity (Wildman–Crippen MR) is 132 cm³/mol. The van der Waals surface area contributed by atoms with Crippen LogP contribution in [0.4, 0.5) is 11.4 Å². The largest absolute Gasteiger partial charge is 0.493 e. The van der Waals surface area contributed by atoms with Gasteiger partial charge in [-0.25, -0.2) is 9.98 Å². The molecule has 2 heterocycles. The predicted octanol–water partition coefficient (Wildman–Crippen LogP) is 4.93. The number of carbonyl (C=O) groups is 1. The molecule has 0 unspecified atom stereocenters. The molecule has 1 N–H and O–H groups in total. The van der Waals surface area contributed by atoms with Gasteiger partial charge in [-0.05, 0) is 48.9 Å². The molecule has 0 spiro atoms. The molecular formula is C25H24N4O3S. The van der Waals surface area contributed by atoms with Crippen LogP contribution < -0.4 is 14.8 Å². The van der Waals surface area contributed by atoms with Crippen LogP contribution in [0.5, 0.6) is 11.5 Å². The van der Waals surface area contributed by atoms with Crippen molar-refractivity contribution in [3.05, 3.63) is 72.4 Å². The van der Waals surface area contributed by atoms with Crippen molar-refractivity contribution >= 4 is 40.6 Å². The fourth-order valence-electron chi connectivity index (χ4n) is 3.58. The van der Waals surface area contributed by atoms with E-state index in [4.69, 9.17) is 19.5 Å². The van der Waals surface area contributed by atoms with Crippen molar-refractivity contribution in [2.75, 3.05) is 20.0 Å². The number of pyridine rings is 1. The number of benzene rings is 2. The molecule has 0 radical (unpaired) electrons. The summed E-state index contributed by atoms with van der Waals surface area (Å²) >= 11 is 1.37. The van der Waals surface area contributed by atoms with Gasteiger partial charge >= 0.3 is 0 Å². The Kier molecular flexibility index (Phi) is 7.04. The second-order valence-corrected chi connectivity index (χ2v) is 8.29. The van der Waals surface area contributed by atoms with Gasteiger partial charge in [-0.15, -0.1) is 0 Å². The smallest absolute Gasteiger partial charge is 0.235 e. The number of nitrogens with one attached hydrogen (secondary N) is 1. The molecule has 168 valence electrons. The van der Waals surface area contributed by atoms with Crippen molar-refractivity contribution in [2.45, 2.75) is 17.9 Å². The summed E-state index contributed by atoms with van der Waals surface area (Å²) in [6, 6.07) is 18.9. The second kappa shape index (κ2) is 10.3. The lowest BCUT2D eigenvalue weighted by molar-refractivity contribution is -0.117. The minimum Gasteiger partial charge on any atom is -0.493 e. The van der Waals surface area contributed by atoms with E-state index in [-0.39, 0.29) is 17.6 Å². The normalized spacial score (nSPS) is 14.9. The number of amides is 1. The van der Waals surface area contributed by atoms with Gasteiger partial charge in [-0.1, -0.05) is 36.0 Å². The Morgan fingerprint density at radius 3 is 2.39 bits per heavy atom. The van der Waals surface area contributed by atoms with E-state index >= 15 is 0 Å². The highest BCUT2D eigenvalue weighted by atomic mass is 32.2. The molecule has 3 aromatic rings. The van der Waals surface area contributed by atoms with Gasteiger partial charge < -0.3 is 14.8 Å². The molecule has 2 aromatic carbocycles. The average molecular weight is 461 g/mol. The Bertz CT molecular complexity index is 1210. The Morgan fingerprint density at radius 2 is 1.70 bits per heavy atom. The maximum atomic E-state index is 12.9. The number of aromatic nitrogens is 1. The number of hydrogen-bond acceptors (Lipinski definition) is 7. The van der Waals surface area contributed by atoms with Crippen LogP contribution in [-0.4, -0.2) is 42.4 Å². The first-order valence-corrected chi connectivity index (χ1v) is 11.4. The molecule has 1 aromatic heterocycles. The number of nitrogens with zero attached hydrogens (tertiary/aromatic N) is 3. The van der Waals surface area contributed by atoms with Crippen LogP contribution in [0.1, 0.15) is 18.4 Å². The number of hydrogen-bond donors (Lipinski definition) is 1. The standard InChI is InChI=1S/C25H24N4O3S/c1-16-24(17-11-12-20(31-2)21(14-17)32-3)25(28-19-9-5-4-8-18(19)27-16)29-22(30)15-33-23-10-6-7-13-26-23/h4-14,24H,15H2,1-3H3,(H,28,29,30)/t24-/m1/s1. The fourth-order valence-corrected chi connectivity index (χ4v) is 4.24. The molecule has 0 fully saturated rings. The van der Waals surface area contributed by atoms with Gasteiger partial charge in [0.05, 0.1) is 42.3 Å². The summed E-state index contributed by atoms with van der Waals surface area (Å²) in [6.45, 7) is 1.94. The highest BCUT2D eigenvalue weighted by Gasteiger charge is 2.27. The third-order valence-electron chi connectivity index (χ3n) is 5.11. The lowest BCUT2D eigenvalue weighted by atomic mass is 9.92. The monoisotopic (exact) mass is 460 g/mol. The van der Waals surface area contributed by atoms with Crippen molar-refractivity contribution in [3.8, 4) is 11.5 Å². The maximum Gasteiger partial charge on any atom is 0.235 e. The van der Waals surface area contributed by atoms with E-state index in [0.717, 1.165) is 22.0 Å². The molecule has 1 aliphatic rings. The number of rotatable bonds is 6. The zero-order chi connectivity index (χ0) is 23.2. The second-order valence-electron chi connectivity index (χ2n) is 7.29. The number of methoxy groups -OCH3 is 2. The number of carbonyl (C=O) groups excluding carboxylic acids is 1. The summed E-state index contributed by atoms with van der Waals surface area (Å²) in [4.78, 5) is 26.8. The molecule has 0 saturated heterocycles. The van der Waals surface area contributed by atoms with Crippen LogP contribution in [0, 0.1) is 0 Å². The highest BCUT2D eigenvalue weighted by molar-refractivity contribution is 7.99. The van der Waals surface area contributed by atoms with Gasteiger partial charge in [-0.3, -0.25) is 9.79 Å². The van der Waals surface area contributed by atoms with E-state index in [2.05, 4.69) is 10.3 Å². The van der Waals surface area contributed by atoms with Crippen molar-refractivity contribution in [2.24, 2.45) is 9.98 Å². The van der Waals surface area contributed by atoms with Gasteiger partial charge in [0.1, 0.15) is 5.84 Å². The summed E-state index contributed by atoms with van der Waals surface area (Å²) in [5.41, 5.74) is 3.15. The molecule has 1 atom stereocenters. The number of ether oxygens (including phenoxy) is 2. The van der Waals surface area contributed by atoms with Gasteiger partial charge in [0.25, 0.3) is 0 Å². The van der Waals surface area contributed by atoms with Gasteiger partial charge in [-0.2, -0.15) is 0 Å². The Labute approximate surface area is 197 Å². The Hall–Kier alpha value is -3.65. The Morgan fingerprint density at radius 1 is 0.970 bits per heavy atom. The van der Waals surface area contributed by atoms with Gasteiger partial charge in [0.2, 0.25) is 5.91 Å².